The van der Waals surface area contributed by atoms with E-state index >= 15 is 0 Å². The lowest BCUT2D eigenvalue weighted by Gasteiger charge is -2.28. The number of rotatable bonds is 14. The van der Waals surface area contributed by atoms with E-state index in [9.17, 15) is 0 Å². The van der Waals surface area contributed by atoms with Crippen LogP contribution >= 0.6 is 0 Å². The molecule has 446 valence electrons. The van der Waals surface area contributed by atoms with Gasteiger partial charge in [0, 0.05) is 33.5 Å². The maximum absolute atomic E-state index is 2.43. The van der Waals surface area contributed by atoms with Crippen molar-refractivity contribution in [1.29, 1.82) is 0 Å². The molecule has 0 aliphatic heterocycles. The highest BCUT2D eigenvalue weighted by Crippen LogP contribution is 2.51. The molecule has 2 fully saturated rings. The van der Waals surface area contributed by atoms with Crippen LogP contribution in [0.3, 0.4) is 0 Å². The van der Waals surface area contributed by atoms with Crippen LogP contribution < -0.4 is 9.80 Å². The first-order valence-corrected chi connectivity index (χ1v) is 33.3. The van der Waals surface area contributed by atoms with Crippen LogP contribution in [0.5, 0.6) is 0 Å². The van der Waals surface area contributed by atoms with Gasteiger partial charge in [-0.15, -0.1) is 0 Å². The second-order valence-corrected chi connectivity index (χ2v) is 25.4. The van der Waals surface area contributed by atoms with Crippen molar-refractivity contribution < 1.29 is 0 Å². The van der Waals surface area contributed by atoms with Crippen molar-refractivity contribution in [3.63, 3.8) is 0 Å². The Kier molecular flexibility index (Phi) is 16.4. The van der Waals surface area contributed by atoms with Gasteiger partial charge >= 0.3 is 0 Å². The molecular formula is C90H76N2. The Morgan fingerprint density at radius 3 is 0.815 bits per heavy atom. The van der Waals surface area contributed by atoms with E-state index < -0.39 is 0 Å². The van der Waals surface area contributed by atoms with Gasteiger partial charge in [0.25, 0.3) is 0 Å². The van der Waals surface area contributed by atoms with Crippen molar-refractivity contribution in [2.75, 3.05) is 9.80 Å². The van der Waals surface area contributed by atoms with Crippen LogP contribution in [-0.2, 0) is 0 Å². The summed E-state index contributed by atoms with van der Waals surface area (Å²) in [5.41, 5.74) is 24.5. The number of benzene rings is 13. The zero-order valence-corrected chi connectivity index (χ0v) is 52.8. The lowest BCUT2D eigenvalue weighted by molar-refractivity contribution is 0.602. The molecule has 13 aromatic carbocycles. The quantitative estimate of drug-likeness (QED) is 0.0791. The highest BCUT2D eigenvalue weighted by atomic mass is 15.1. The Bertz CT molecular complexity index is 4560. The van der Waals surface area contributed by atoms with Crippen LogP contribution in [0.4, 0.5) is 34.1 Å². The zero-order chi connectivity index (χ0) is 61.7. The predicted molar refractivity (Wildman–Crippen MR) is 399 cm³/mol. The largest absolute Gasteiger partial charge is 0.310 e. The highest BCUT2D eigenvalue weighted by Gasteiger charge is 2.24. The van der Waals surface area contributed by atoms with Gasteiger partial charge in [0.05, 0.1) is 11.4 Å². The first-order valence-electron chi connectivity index (χ1n) is 33.3. The molecule has 0 radical (unpaired) electrons. The molecule has 15 rings (SSSR count). The van der Waals surface area contributed by atoms with Crippen molar-refractivity contribution >= 4 is 114 Å². The molecule has 92 heavy (non-hydrogen) atoms. The number of nitrogens with zero attached hydrogens (tertiary/aromatic N) is 2. The second-order valence-electron chi connectivity index (χ2n) is 25.4. The van der Waals surface area contributed by atoms with Crippen LogP contribution in [0.2, 0.25) is 0 Å². The van der Waals surface area contributed by atoms with E-state index in [-0.39, 0.29) is 0 Å². The van der Waals surface area contributed by atoms with E-state index in [0.717, 1.165) is 45.3 Å². The van der Waals surface area contributed by atoms with Crippen LogP contribution in [0.25, 0.3) is 102 Å². The number of allylic oxidation sites excluding steroid dienone is 2. The molecule has 2 nitrogen and oxygen atoms in total. The fourth-order valence-corrected chi connectivity index (χ4v) is 14.4. The van der Waals surface area contributed by atoms with Crippen molar-refractivity contribution in [1.82, 2.24) is 0 Å². The minimum Gasteiger partial charge on any atom is -0.310 e. The Hall–Kier alpha value is -10.5. The topological polar surface area (TPSA) is 6.48 Å². The first kappa shape index (κ1) is 57.9. The van der Waals surface area contributed by atoms with E-state index in [0.29, 0.717) is 0 Å². The van der Waals surface area contributed by atoms with Gasteiger partial charge in [-0.25, -0.2) is 0 Å². The normalized spacial score (nSPS) is 13.6. The molecule has 13 aromatic rings. The van der Waals surface area contributed by atoms with Gasteiger partial charge in [0.2, 0.25) is 0 Å². The summed E-state index contributed by atoms with van der Waals surface area (Å²) in [6.45, 7) is 4.32. The number of anilines is 6. The smallest absolute Gasteiger partial charge is 0.0540 e. The van der Waals surface area contributed by atoms with Gasteiger partial charge in [-0.05, 0) is 214 Å². The summed E-state index contributed by atoms with van der Waals surface area (Å²) in [6, 6.07) is 99.6. The van der Waals surface area contributed by atoms with Crippen molar-refractivity contribution in [3.05, 3.63) is 323 Å². The molecule has 0 atom stereocenters. The van der Waals surface area contributed by atoms with Crippen LogP contribution in [0, 0.1) is 13.8 Å². The van der Waals surface area contributed by atoms with E-state index in [1.165, 1.54) is 163 Å². The Balaban J connectivity index is 0.786. The summed E-state index contributed by atoms with van der Waals surface area (Å²) in [4.78, 5) is 4.85. The molecular weight excluding hydrogens is 1110 g/mol. The fraction of sp³-hybridized carbons (Fsp3) is 0.133. The molecule has 0 N–H and O–H groups in total. The monoisotopic (exact) mass is 1180 g/mol. The SMILES string of the molecule is Cc1ccc(N(c2ccc(/C=C/c3ccc(C=C4CCCCC4)cc3)cc2)c2ccc(-c3c4ccccc4c(-c4ccc(N(c5ccc(C)cc5)c5ccc(/C=C/c6ccc(C=C7CCCCC7)cc6)cc5)c5ccccc45)c4ccccc34)c3ccccc23)cc1. The lowest BCUT2D eigenvalue weighted by atomic mass is 9.83. The van der Waals surface area contributed by atoms with Crippen molar-refractivity contribution in [3.8, 4) is 22.3 Å². The fourth-order valence-electron chi connectivity index (χ4n) is 14.4. The minimum atomic E-state index is 1.10. The summed E-state index contributed by atoms with van der Waals surface area (Å²) in [5.74, 6) is 0. The van der Waals surface area contributed by atoms with E-state index in [4.69, 9.17) is 0 Å². The Labute approximate surface area is 543 Å². The summed E-state index contributed by atoms with van der Waals surface area (Å²) >= 11 is 0. The van der Waals surface area contributed by atoms with E-state index in [1.807, 2.05) is 0 Å². The lowest BCUT2D eigenvalue weighted by Crippen LogP contribution is -2.10. The summed E-state index contributed by atoms with van der Waals surface area (Å²) in [7, 11) is 0. The summed E-state index contributed by atoms with van der Waals surface area (Å²) < 4.78 is 0. The third-order valence-electron chi connectivity index (χ3n) is 19.2. The number of hydrogen-bond acceptors (Lipinski definition) is 2. The van der Waals surface area contributed by atoms with Crippen molar-refractivity contribution in [2.24, 2.45) is 0 Å². The van der Waals surface area contributed by atoms with Gasteiger partial charge in [-0.3, -0.25) is 0 Å². The maximum atomic E-state index is 2.43. The molecule has 0 unspecified atom stereocenters. The third kappa shape index (κ3) is 12.1. The highest BCUT2D eigenvalue weighted by molar-refractivity contribution is 6.26. The van der Waals surface area contributed by atoms with Crippen LogP contribution in [0.15, 0.2) is 278 Å². The third-order valence-corrected chi connectivity index (χ3v) is 19.2. The van der Waals surface area contributed by atoms with Gasteiger partial charge < -0.3 is 9.80 Å². The van der Waals surface area contributed by atoms with E-state index in [1.54, 1.807) is 11.1 Å². The second kappa shape index (κ2) is 26.1. The number of hydrogen-bond donors (Lipinski definition) is 0. The first-order chi connectivity index (χ1) is 45.4. The van der Waals surface area contributed by atoms with Gasteiger partial charge in [0.15, 0.2) is 0 Å². The molecule has 0 saturated heterocycles. The summed E-state index contributed by atoms with van der Waals surface area (Å²) in [6.07, 6.45) is 26.7. The standard InChI is InChI=1S/C90H76N2/c1-63-29-49-73(50-30-63)91(75-53-45-67(46-54-75)35-33-65-37-41-71(42-38-65)61-69-17-5-3-6-18-69)87-59-57-85(77-21-9-11-23-79(77)87)89-81-25-13-15-27-83(81)90(84-28-16-14-26-82(84)89)86-58-60-88(80-24-12-10-22-78(80)86)92(74-51-31-64(2)32-52-74)76-55-47-68(48-56-76)36-34-66-39-43-72(44-40-66)62-70-19-7-4-8-20-70/h9-16,21-62H,3-8,17-20H2,1-2H3/b35-33+,36-34+. The number of aryl methyl sites for hydroxylation is 2. The predicted octanol–water partition coefficient (Wildman–Crippen LogP) is 26.2. The Morgan fingerprint density at radius 2 is 0.500 bits per heavy atom. The molecule has 0 aromatic heterocycles. The summed E-state index contributed by atoms with van der Waals surface area (Å²) in [5, 5.41) is 9.66. The molecule has 0 bridgehead atoms. The molecule has 2 saturated carbocycles. The van der Waals surface area contributed by atoms with Crippen LogP contribution in [0.1, 0.15) is 109 Å². The van der Waals surface area contributed by atoms with Crippen LogP contribution in [-0.4, -0.2) is 0 Å². The zero-order valence-electron chi connectivity index (χ0n) is 52.8. The average molecular weight is 1190 g/mol. The van der Waals surface area contributed by atoms with E-state index in [2.05, 4.69) is 327 Å². The molecule has 0 heterocycles. The molecule has 0 spiro atoms. The molecule has 0 amide bonds. The molecule has 2 aliphatic rings. The average Bonchev–Trinajstić information content (AvgIpc) is 0.740. The Morgan fingerprint density at radius 1 is 0.239 bits per heavy atom. The van der Waals surface area contributed by atoms with Gasteiger partial charge in [-0.1, -0.05) is 278 Å². The van der Waals surface area contributed by atoms with Crippen molar-refractivity contribution in [2.45, 2.75) is 78.1 Å². The molecule has 2 heteroatoms. The van der Waals surface area contributed by atoms with Gasteiger partial charge in [0.1, 0.15) is 0 Å². The molecule has 2 aliphatic carbocycles. The maximum Gasteiger partial charge on any atom is 0.0540 e. The number of fused-ring (bicyclic) bond motifs is 4. The van der Waals surface area contributed by atoms with Gasteiger partial charge in [-0.2, -0.15) is 0 Å². The minimum absolute atomic E-state index is 1.10.